The van der Waals surface area contributed by atoms with Gasteiger partial charge >= 0.3 is 0 Å². The van der Waals surface area contributed by atoms with Crippen molar-refractivity contribution in [1.82, 2.24) is 4.90 Å². The molecule has 0 saturated heterocycles. The second-order valence-electron chi connectivity index (χ2n) is 3.78. The third-order valence-corrected chi connectivity index (χ3v) is 2.84. The molecule has 0 aromatic heterocycles. The molecule has 0 heterocycles. The van der Waals surface area contributed by atoms with Gasteiger partial charge in [0.1, 0.15) is 0 Å². The number of hydrogen-bond donors (Lipinski definition) is 1. The van der Waals surface area contributed by atoms with Gasteiger partial charge in [-0.05, 0) is 37.7 Å². The molecule has 0 aliphatic heterocycles. The largest absolute Gasteiger partial charge is 0.329 e. The van der Waals surface area contributed by atoms with Crippen LogP contribution in [0.4, 0.5) is 0 Å². The van der Waals surface area contributed by atoms with E-state index in [1.807, 2.05) is 24.3 Å². The van der Waals surface area contributed by atoms with Gasteiger partial charge in [-0.15, -0.1) is 0 Å². The third-order valence-electron chi connectivity index (χ3n) is 2.59. The molecular weight excluding hydrogens is 208 g/mol. The summed E-state index contributed by atoms with van der Waals surface area (Å²) in [5.41, 5.74) is 7.03. The van der Waals surface area contributed by atoms with Gasteiger partial charge in [-0.1, -0.05) is 30.7 Å². The van der Waals surface area contributed by atoms with Crippen LogP contribution >= 0.6 is 11.6 Å². The zero-order chi connectivity index (χ0) is 11.3. The molecule has 1 atom stereocenters. The standard InChI is InChI=1S/C12H19ClN2/c1-3-8-15(2)12(9-14)10-4-6-11(13)7-5-10/h4-7,12H,3,8-9,14H2,1-2H3/t12-/m1/s1. The second-order valence-corrected chi connectivity index (χ2v) is 4.22. The van der Waals surface area contributed by atoms with Crippen LogP contribution in [0.25, 0.3) is 0 Å². The van der Waals surface area contributed by atoms with E-state index in [1.54, 1.807) is 0 Å². The maximum absolute atomic E-state index is 5.86. The molecule has 0 unspecified atom stereocenters. The Balaban J connectivity index is 2.77. The zero-order valence-electron chi connectivity index (χ0n) is 9.41. The molecule has 3 heteroatoms. The van der Waals surface area contributed by atoms with Gasteiger partial charge < -0.3 is 5.73 Å². The summed E-state index contributed by atoms with van der Waals surface area (Å²) in [4.78, 5) is 2.28. The summed E-state index contributed by atoms with van der Waals surface area (Å²) < 4.78 is 0. The summed E-state index contributed by atoms with van der Waals surface area (Å²) in [7, 11) is 2.11. The van der Waals surface area contributed by atoms with Crippen LogP contribution in [0.15, 0.2) is 24.3 Å². The van der Waals surface area contributed by atoms with E-state index in [0.717, 1.165) is 18.0 Å². The Hall–Kier alpha value is -0.570. The average Bonchev–Trinajstić information content (AvgIpc) is 2.22. The van der Waals surface area contributed by atoms with Gasteiger partial charge in [0.25, 0.3) is 0 Å². The van der Waals surface area contributed by atoms with E-state index in [2.05, 4.69) is 18.9 Å². The molecule has 2 N–H and O–H groups in total. The van der Waals surface area contributed by atoms with Crippen molar-refractivity contribution in [3.05, 3.63) is 34.9 Å². The van der Waals surface area contributed by atoms with Crippen molar-refractivity contribution in [3.8, 4) is 0 Å². The molecule has 2 nitrogen and oxygen atoms in total. The van der Waals surface area contributed by atoms with Crippen molar-refractivity contribution in [2.24, 2.45) is 5.73 Å². The Morgan fingerprint density at radius 3 is 2.40 bits per heavy atom. The number of hydrogen-bond acceptors (Lipinski definition) is 2. The van der Waals surface area contributed by atoms with E-state index >= 15 is 0 Å². The fourth-order valence-electron chi connectivity index (χ4n) is 1.76. The second kappa shape index (κ2) is 6.11. The molecule has 0 saturated carbocycles. The molecule has 1 aromatic carbocycles. The molecule has 1 rings (SSSR count). The van der Waals surface area contributed by atoms with Gasteiger partial charge in [0.2, 0.25) is 0 Å². The van der Waals surface area contributed by atoms with E-state index in [1.165, 1.54) is 5.56 Å². The molecule has 1 aromatic rings. The van der Waals surface area contributed by atoms with Gasteiger partial charge in [0.05, 0.1) is 0 Å². The highest BCUT2D eigenvalue weighted by Crippen LogP contribution is 2.20. The third kappa shape index (κ3) is 3.49. The van der Waals surface area contributed by atoms with Crippen molar-refractivity contribution in [2.45, 2.75) is 19.4 Å². The minimum Gasteiger partial charge on any atom is -0.329 e. The Labute approximate surface area is 97.0 Å². The van der Waals surface area contributed by atoms with E-state index in [0.29, 0.717) is 12.6 Å². The number of benzene rings is 1. The molecular formula is C12H19ClN2. The Morgan fingerprint density at radius 2 is 1.93 bits per heavy atom. The maximum atomic E-state index is 5.86. The Bertz CT molecular complexity index is 284. The van der Waals surface area contributed by atoms with E-state index in [9.17, 15) is 0 Å². The van der Waals surface area contributed by atoms with E-state index < -0.39 is 0 Å². The smallest absolute Gasteiger partial charge is 0.0467 e. The maximum Gasteiger partial charge on any atom is 0.0467 e. The first-order valence-electron chi connectivity index (χ1n) is 5.34. The quantitative estimate of drug-likeness (QED) is 0.837. The lowest BCUT2D eigenvalue weighted by Gasteiger charge is -2.26. The molecule has 84 valence electrons. The number of likely N-dealkylation sites (N-methyl/N-ethyl adjacent to an activating group) is 1. The monoisotopic (exact) mass is 226 g/mol. The summed E-state index contributed by atoms with van der Waals surface area (Å²) >= 11 is 5.86. The van der Waals surface area contributed by atoms with Crippen molar-refractivity contribution >= 4 is 11.6 Å². The number of halogens is 1. The van der Waals surface area contributed by atoms with Crippen molar-refractivity contribution in [1.29, 1.82) is 0 Å². The van der Waals surface area contributed by atoms with E-state index in [4.69, 9.17) is 17.3 Å². The lowest BCUT2D eigenvalue weighted by molar-refractivity contribution is 0.251. The summed E-state index contributed by atoms with van der Waals surface area (Å²) in [6, 6.07) is 8.22. The highest BCUT2D eigenvalue weighted by molar-refractivity contribution is 6.30. The summed E-state index contributed by atoms with van der Waals surface area (Å²) in [6.45, 7) is 3.87. The SMILES string of the molecule is CCCN(C)[C@H](CN)c1ccc(Cl)cc1. The summed E-state index contributed by atoms with van der Waals surface area (Å²) in [5.74, 6) is 0. The molecule has 15 heavy (non-hydrogen) atoms. The first kappa shape index (κ1) is 12.5. The highest BCUT2D eigenvalue weighted by Gasteiger charge is 2.13. The minimum absolute atomic E-state index is 0.294. The van der Waals surface area contributed by atoms with Gasteiger partial charge in [0, 0.05) is 17.6 Å². The Morgan fingerprint density at radius 1 is 1.33 bits per heavy atom. The van der Waals surface area contributed by atoms with Gasteiger partial charge in [-0.3, -0.25) is 4.90 Å². The molecule has 0 amide bonds. The highest BCUT2D eigenvalue weighted by atomic mass is 35.5. The first-order chi connectivity index (χ1) is 7.19. The van der Waals surface area contributed by atoms with Crippen LogP contribution in [0.1, 0.15) is 24.9 Å². The van der Waals surface area contributed by atoms with Gasteiger partial charge in [-0.25, -0.2) is 0 Å². The number of nitrogens with zero attached hydrogens (tertiary/aromatic N) is 1. The van der Waals surface area contributed by atoms with Crippen molar-refractivity contribution in [2.75, 3.05) is 20.1 Å². The zero-order valence-corrected chi connectivity index (χ0v) is 10.2. The molecule has 0 aliphatic carbocycles. The first-order valence-corrected chi connectivity index (χ1v) is 5.72. The average molecular weight is 227 g/mol. The van der Waals surface area contributed by atoms with Crippen LogP contribution in [0, 0.1) is 0 Å². The van der Waals surface area contributed by atoms with E-state index in [-0.39, 0.29) is 0 Å². The van der Waals surface area contributed by atoms with Gasteiger partial charge in [-0.2, -0.15) is 0 Å². The Kier molecular flexibility index (Phi) is 5.09. The normalized spacial score (nSPS) is 13.1. The van der Waals surface area contributed by atoms with Crippen LogP contribution in [0.2, 0.25) is 5.02 Å². The van der Waals surface area contributed by atoms with Gasteiger partial charge in [0.15, 0.2) is 0 Å². The number of nitrogens with two attached hydrogens (primary N) is 1. The summed E-state index contributed by atoms with van der Waals surface area (Å²) in [5, 5.41) is 0.771. The molecule has 0 aliphatic rings. The predicted octanol–water partition coefficient (Wildman–Crippen LogP) is 2.68. The summed E-state index contributed by atoms with van der Waals surface area (Å²) in [6.07, 6.45) is 1.14. The topological polar surface area (TPSA) is 29.3 Å². The van der Waals surface area contributed by atoms with Crippen molar-refractivity contribution in [3.63, 3.8) is 0 Å². The van der Waals surface area contributed by atoms with Crippen LogP contribution in [-0.4, -0.2) is 25.0 Å². The van der Waals surface area contributed by atoms with Crippen molar-refractivity contribution < 1.29 is 0 Å². The fraction of sp³-hybridized carbons (Fsp3) is 0.500. The fourth-order valence-corrected chi connectivity index (χ4v) is 1.89. The minimum atomic E-state index is 0.294. The number of rotatable bonds is 5. The predicted molar refractivity (Wildman–Crippen MR) is 66.2 cm³/mol. The van der Waals surface area contributed by atoms with Crippen LogP contribution in [0.5, 0.6) is 0 Å². The van der Waals surface area contributed by atoms with Crippen LogP contribution in [-0.2, 0) is 0 Å². The molecule has 0 spiro atoms. The molecule has 0 bridgehead atoms. The van der Waals surface area contributed by atoms with Crippen LogP contribution < -0.4 is 5.73 Å². The lowest BCUT2D eigenvalue weighted by atomic mass is 10.1. The molecule has 0 fully saturated rings. The molecule has 0 radical (unpaired) electrons. The van der Waals surface area contributed by atoms with Crippen LogP contribution in [0.3, 0.4) is 0 Å². The lowest BCUT2D eigenvalue weighted by Crippen LogP contribution is -2.31.